The number of carbonyl (C=O) groups excluding carboxylic acids is 1. The molecular weight excluding hydrogens is 373 g/mol. The lowest BCUT2D eigenvalue weighted by atomic mass is 10.2. The molecule has 1 N–H and O–H groups in total. The fourth-order valence-corrected chi connectivity index (χ4v) is 2.47. The fraction of sp³-hybridized carbons (Fsp3) is 0.211. The van der Waals surface area contributed by atoms with E-state index in [0.29, 0.717) is 11.4 Å². The molecule has 0 radical (unpaired) electrons. The maximum Gasteiger partial charge on any atom is 0.422 e. The molecule has 0 aliphatic rings. The van der Waals surface area contributed by atoms with Crippen LogP contribution in [0.4, 0.5) is 13.2 Å². The summed E-state index contributed by atoms with van der Waals surface area (Å²) in [6, 6.07) is 9.09. The lowest BCUT2D eigenvalue weighted by Gasteiger charge is -2.10. The van der Waals surface area contributed by atoms with E-state index in [1.165, 1.54) is 24.3 Å². The van der Waals surface area contributed by atoms with E-state index in [-0.39, 0.29) is 18.2 Å². The summed E-state index contributed by atoms with van der Waals surface area (Å²) in [5, 5.41) is 2.77. The van der Waals surface area contributed by atoms with Gasteiger partial charge in [-0.3, -0.25) is 9.36 Å². The van der Waals surface area contributed by atoms with E-state index in [1.54, 1.807) is 24.7 Å². The second-order valence-corrected chi connectivity index (χ2v) is 5.98. The number of aryl methyl sites for hydroxylation is 1. The first-order chi connectivity index (χ1) is 13.3. The van der Waals surface area contributed by atoms with E-state index in [1.807, 2.05) is 17.6 Å². The summed E-state index contributed by atoms with van der Waals surface area (Å²) in [5.41, 5.74) is 1.16. The molecule has 3 aromatic rings. The van der Waals surface area contributed by atoms with Gasteiger partial charge in [0.25, 0.3) is 5.91 Å². The predicted molar refractivity (Wildman–Crippen MR) is 95.3 cm³/mol. The summed E-state index contributed by atoms with van der Waals surface area (Å²) >= 11 is 0. The van der Waals surface area contributed by atoms with Crippen molar-refractivity contribution in [2.75, 3.05) is 6.61 Å². The van der Waals surface area contributed by atoms with Gasteiger partial charge in [-0.15, -0.1) is 0 Å². The second kappa shape index (κ2) is 8.12. The van der Waals surface area contributed by atoms with Crippen molar-refractivity contribution in [1.29, 1.82) is 0 Å². The molecular formula is C19H17F3N4O2. The van der Waals surface area contributed by atoms with Gasteiger partial charge in [-0.2, -0.15) is 13.2 Å². The van der Waals surface area contributed by atoms with E-state index in [0.717, 1.165) is 11.4 Å². The lowest BCUT2D eigenvalue weighted by Crippen LogP contribution is -2.23. The van der Waals surface area contributed by atoms with E-state index in [4.69, 9.17) is 0 Å². The van der Waals surface area contributed by atoms with Crippen LogP contribution in [0, 0.1) is 6.92 Å². The number of nitrogens with one attached hydrogen (secondary N) is 1. The highest BCUT2D eigenvalue weighted by atomic mass is 19.4. The third-order valence-electron chi connectivity index (χ3n) is 3.85. The summed E-state index contributed by atoms with van der Waals surface area (Å²) in [7, 11) is 0. The number of halogens is 3. The number of aromatic nitrogens is 3. The summed E-state index contributed by atoms with van der Waals surface area (Å²) in [4.78, 5) is 20.7. The molecule has 0 aliphatic heterocycles. The molecule has 1 aromatic carbocycles. The molecule has 1 amide bonds. The largest absolute Gasteiger partial charge is 0.484 e. The third-order valence-corrected chi connectivity index (χ3v) is 3.85. The quantitative estimate of drug-likeness (QED) is 0.700. The number of hydrogen-bond donors (Lipinski definition) is 1. The van der Waals surface area contributed by atoms with Crippen molar-refractivity contribution >= 4 is 5.91 Å². The molecule has 6 nitrogen and oxygen atoms in total. The van der Waals surface area contributed by atoms with E-state index >= 15 is 0 Å². The van der Waals surface area contributed by atoms with Crippen LogP contribution in [0.5, 0.6) is 5.75 Å². The number of ether oxygens (including phenoxy) is 1. The topological polar surface area (TPSA) is 69.0 Å². The van der Waals surface area contributed by atoms with Crippen LogP contribution in [0.3, 0.4) is 0 Å². The van der Waals surface area contributed by atoms with E-state index in [9.17, 15) is 18.0 Å². The van der Waals surface area contributed by atoms with Gasteiger partial charge in [0.2, 0.25) is 0 Å². The third kappa shape index (κ3) is 5.09. The van der Waals surface area contributed by atoms with Crippen molar-refractivity contribution in [3.63, 3.8) is 0 Å². The van der Waals surface area contributed by atoms with Crippen LogP contribution < -0.4 is 10.1 Å². The first-order valence-corrected chi connectivity index (χ1v) is 8.35. The Morgan fingerprint density at radius 2 is 1.89 bits per heavy atom. The zero-order valence-electron chi connectivity index (χ0n) is 14.9. The number of carbonyl (C=O) groups is 1. The normalized spacial score (nSPS) is 11.3. The predicted octanol–water partition coefficient (Wildman–Crippen LogP) is 3.45. The molecule has 0 fully saturated rings. The number of benzene rings is 1. The van der Waals surface area contributed by atoms with Crippen molar-refractivity contribution in [2.24, 2.45) is 0 Å². The van der Waals surface area contributed by atoms with Crippen molar-refractivity contribution in [3.05, 3.63) is 71.9 Å². The first kappa shape index (κ1) is 19.4. The Kier molecular flexibility index (Phi) is 5.62. The molecule has 146 valence electrons. The summed E-state index contributed by atoms with van der Waals surface area (Å²) in [6.07, 6.45) is 0.702. The number of alkyl halides is 3. The Hall–Kier alpha value is -3.36. The van der Waals surface area contributed by atoms with Gasteiger partial charge < -0.3 is 10.1 Å². The number of pyridine rings is 1. The van der Waals surface area contributed by atoms with Gasteiger partial charge in [0, 0.05) is 30.7 Å². The van der Waals surface area contributed by atoms with Crippen molar-refractivity contribution in [2.45, 2.75) is 19.6 Å². The van der Waals surface area contributed by atoms with Gasteiger partial charge in [0.1, 0.15) is 17.4 Å². The van der Waals surface area contributed by atoms with Gasteiger partial charge in [-0.1, -0.05) is 0 Å². The van der Waals surface area contributed by atoms with Crippen LogP contribution in [-0.4, -0.2) is 33.2 Å². The molecule has 0 atom stereocenters. The summed E-state index contributed by atoms with van der Waals surface area (Å²) < 4.78 is 42.9. The van der Waals surface area contributed by atoms with Crippen molar-refractivity contribution in [3.8, 4) is 11.6 Å². The van der Waals surface area contributed by atoms with Crippen LogP contribution in [0.1, 0.15) is 21.7 Å². The molecule has 28 heavy (non-hydrogen) atoms. The van der Waals surface area contributed by atoms with Crippen molar-refractivity contribution in [1.82, 2.24) is 19.9 Å². The molecule has 0 saturated heterocycles. The number of hydrogen-bond acceptors (Lipinski definition) is 4. The number of nitrogens with zero attached hydrogens (tertiary/aromatic N) is 3. The molecule has 0 unspecified atom stereocenters. The average molecular weight is 390 g/mol. The number of rotatable bonds is 6. The smallest absolute Gasteiger partial charge is 0.422 e. The SMILES string of the molecule is Cc1nccn1-c1cc(CNC(=O)c2ccc(OCC(F)(F)F)cc2)ccn1. The van der Waals surface area contributed by atoms with Crippen molar-refractivity contribution < 1.29 is 22.7 Å². The number of imidazole rings is 1. The first-order valence-electron chi connectivity index (χ1n) is 8.35. The minimum Gasteiger partial charge on any atom is -0.484 e. The molecule has 3 rings (SSSR count). The van der Waals surface area contributed by atoms with Gasteiger partial charge in [0.15, 0.2) is 6.61 Å². The Morgan fingerprint density at radius 3 is 2.54 bits per heavy atom. The van der Waals surface area contributed by atoms with Crippen LogP contribution in [0.25, 0.3) is 5.82 Å². The summed E-state index contributed by atoms with van der Waals surface area (Å²) in [5.74, 6) is 1.18. The Balaban J connectivity index is 1.59. The van der Waals surface area contributed by atoms with Crippen LogP contribution in [0.15, 0.2) is 55.0 Å². The maximum absolute atomic E-state index is 12.3. The van der Waals surface area contributed by atoms with Crippen LogP contribution in [0.2, 0.25) is 0 Å². The zero-order chi connectivity index (χ0) is 20.1. The highest BCUT2D eigenvalue weighted by Gasteiger charge is 2.28. The fourth-order valence-electron chi connectivity index (χ4n) is 2.47. The van der Waals surface area contributed by atoms with E-state index in [2.05, 4.69) is 20.0 Å². The standard InChI is InChI=1S/C19H17F3N4O2/c1-13-23-8-9-26(13)17-10-14(6-7-24-17)11-25-18(27)15-2-4-16(5-3-15)28-12-19(20,21)22/h2-10H,11-12H2,1H3,(H,25,27). The highest BCUT2D eigenvalue weighted by molar-refractivity contribution is 5.94. The van der Waals surface area contributed by atoms with Gasteiger partial charge in [-0.05, 0) is 48.9 Å². The Bertz CT molecular complexity index is 952. The zero-order valence-corrected chi connectivity index (χ0v) is 14.9. The maximum atomic E-state index is 12.3. The van der Waals surface area contributed by atoms with Gasteiger partial charge in [-0.25, -0.2) is 9.97 Å². The molecule has 2 aromatic heterocycles. The Morgan fingerprint density at radius 1 is 1.14 bits per heavy atom. The Labute approximate surface area is 159 Å². The second-order valence-electron chi connectivity index (χ2n) is 5.98. The van der Waals surface area contributed by atoms with Crippen LogP contribution in [-0.2, 0) is 6.54 Å². The minimum atomic E-state index is -4.41. The minimum absolute atomic E-state index is 0.0448. The average Bonchev–Trinajstić information content (AvgIpc) is 3.10. The molecule has 0 spiro atoms. The highest BCUT2D eigenvalue weighted by Crippen LogP contribution is 2.19. The van der Waals surface area contributed by atoms with Crippen LogP contribution >= 0.6 is 0 Å². The summed E-state index contributed by atoms with van der Waals surface area (Å²) in [6.45, 7) is 0.756. The lowest BCUT2D eigenvalue weighted by molar-refractivity contribution is -0.153. The molecule has 2 heterocycles. The molecule has 0 saturated carbocycles. The number of amides is 1. The molecule has 0 aliphatic carbocycles. The van der Waals surface area contributed by atoms with Gasteiger partial charge in [0.05, 0.1) is 0 Å². The monoisotopic (exact) mass is 390 g/mol. The van der Waals surface area contributed by atoms with Gasteiger partial charge >= 0.3 is 6.18 Å². The molecule has 0 bridgehead atoms. The molecule has 9 heteroatoms. The van der Waals surface area contributed by atoms with E-state index < -0.39 is 12.8 Å².